The number of methoxy groups -OCH3 is 1. The van der Waals surface area contributed by atoms with E-state index in [1.165, 1.54) is 13.2 Å². The van der Waals surface area contributed by atoms with Crippen molar-refractivity contribution in [3.63, 3.8) is 0 Å². The predicted octanol–water partition coefficient (Wildman–Crippen LogP) is 1.45. The van der Waals surface area contributed by atoms with E-state index in [2.05, 4.69) is 0 Å². The molecule has 0 saturated heterocycles. The van der Waals surface area contributed by atoms with Gasteiger partial charge in [-0.05, 0) is 23.8 Å². The Morgan fingerprint density at radius 2 is 1.76 bits per heavy atom. The number of hydrogen-bond acceptors (Lipinski definition) is 6. The van der Waals surface area contributed by atoms with Crippen LogP contribution in [0.4, 0.5) is 0 Å². The molecular formula is C15H20O6. The van der Waals surface area contributed by atoms with E-state index < -0.39 is 17.4 Å². The lowest BCUT2D eigenvalue weighted by molar-refractivity contribution is -0.385. The molecular weight excluding hydrogens is 276 g/mol. The maximum absolute atomic E-state index is 10.4. The average Bonchev–Trinajstić information content (AvgIpc) is 2.67. The second-order valence-electron chi connectivity index (χ2n) is 5.94. The molecule has 2 rings (SSSR count). The van der Waals surface area contributed by atoms with Crippen LogP contribution in [-0.2, 0) is 4.74 Å². The standard InChI is InChI=1S/C15H20O6/c1-13(2,3)14(16,19-4)8-7-10-5-6-11-12(9-10)21-15(17,18)20-11/h5-9,16-18H,1-4H3/b8-7+. The summed E-state index contributed by atoms with van der Waals surface area (Å²) < 4.78 is 14.8. The molecule has 1 aliphatic heterocycles. The Hall–Kier alpha value is -1.60. The van der Waals surface area contributed by atoms with Crippen molar-refractivity contribution >= 4 is 6.08 Å². The van der Waals surface area contributed by atoms with Crippen LogP contribution in [0.2, 0.25) is 0 Å². The third-order valence-electron chi connectivity index (χ3n) is 3.34. The molecule has 1 unspecified atom stereocenters. The van der Waals surface area contributed by atoms with Gasteiger partial charge in [-0.25, -0.2) is 0 Å². The van der Waals surface area contributed by atoms with Gasteiger partial charge >= 0.3 is 6.16 Å². The molecule has 0 bridgehead atoms. The summed E-state index contributed by atoms with van der Waals surface area (Å²) in [6, 6.07) is 4.81. The van der Waals surface area contributed by atoms with Gasteiger partial charge in [0.05, 0.1) is 0 Å². The number of hydrogen-bond donors (Lipinski definition) is 3. The summed E-state index contributed by atoms with van der Waals surface area (Å²) in [7, 11) is 1.43. The Morgan fingerprint density at radius 1 is 1.14 bits per heavy atom. The molecule has 0 aliphatic carbocycles. The maximum Gasteiger partial charge on any atom is 0.505 e. The molecule has 3 N–H and O–H groups in total. The lowest BCUT2D eigenvalue weighted by Gasteiger charge is -2.36. The first-order valence-electron chi connectivity index (χ1n) is 6.50. The highest BCUT2D eigenvalue weighted by atomic mass is 17.0. The zero-order chi connectivity index (χ0) is 15.9. The largest absolute Gasteiger partial charge is 0.505 e. The molecule has 6 nitrogen and oxygen atoms in total. The fraction of sp³-hybridized carbons (Fsp3) is 0.467. The van der Waals surface area contributed by atoms with E-state index in [0.717, 1.165) is 0 Å². The van der Waals surface area contributed by atoms with Crippen molar-refractivity contribution in [3.05, 3.63) is 29.8 Å². The summed E-state index contributed by atoms with van der Waals surface area (Å²) in [5.74, 6) is -0.991. The summed E-state index contributed by atoms with van der Waals surface area (Å²) in [5, 5.41) is 28.9. The van der Waals surface area contributed by atoms with Crippen molar-refractivity contribution in [2.45, 2.75) is 32.7 Å². The topological polar surface area (TPSA) is 88.4 Å². The fourth-order valence-electron chi connectivity index (χ4n) is 1.93. The second-order valence-corrected chi connectivity index (χ2v) is 5.94. The van der Waals surface area contributed by atoms with Crippen molar-refractivity contribution in [2.24, 2.45) is 5.41 Å². The van der Waals surface area contributed by atoms with Gasteiger partial charge in [-0.3, -0.25) is 10.2 Å². The molecule has 1 aromatic carbocycles. The van der Waals surface area contributed by atoms with E-state index in [9.17, 15) is 15.3 Å². The van der Waals surface area contributed by atoms with Gasteiger partial charge in [0.25, 0.3) is 0 Å². The van der Waals surface area contributed by atoms with Crippen LogP contribution in [0.3, 0.4) is 0 Å². The molecule has 1 atom stereocenters. The zero-order valence-electron chi connectivity index (χ0n) is 12.5. The van der Waals surface area contributed by atoms with Gasteiger partial charge < -0.3 is 19.3 Å². The van der Waals surface area contributed by atoms with Gasteiger partial charge in [-0.1, -0.05) is 32.9 Å². The molecule has 0 saturated carbocycles. The van der Waals surface area contributed by atoms with Gasteiger partial charge in [0.15, 0.2) is 17.3 Å². The van der Waals surface area contributed by atoms with Crippen molar-refractivity contribution in [1.82, 2.24) is 0 Å². The first-order valence-corrected chi connectivity index (χ1v) is 6.50. The summed E-state index contributed by atoms with van der Waals surface area (Å²) in [4.78, 5) is 0. The second kappa shape index (κ2) is 4.99. The highest BCUT2D eigenvalue weighted by molar-refractivity contribution is 5.57. The average molecular weight is 296 g/mol. The quantitative estimate of drug-likeness (QED) is 0.732. The van der Waals surface area contributed by atoms with E-state index in [-0.39, 0.29) is 11.5 Å². The van der Waals surface area contributed by atoms with Crippen LogP contribution in [0.5, 0.6) is 11.5 Å². The number of benzene rings is 1. The van der Waals surface area contributed by atoms with Crippen LogP contribution in [0.1, 0.15) is 26.3 Å². The molecule has 0 fully saturated rings. The molecule has 1 aromatic rings. The van der Waals surface area contributed by atoms with Crippen LogP contribution in [0.25, 0.3) is 6.08 Å². The first kappa shape index (κ1) is 15.8. The third kappa shape index (κ3) is 3.19. The first-order chi connectivity index (χ1) is 9.56. The van der Waals surface area contributed by atoms with Crippen molar-refractivity contribution < 1.29 is 29.5 Å². The van der Waals surface area contributed by atoms with Crippen LogP contribution in [0.15, 0.2) is 24.3 Å². The number of rotatable bonds is 3. The summed E-state index contributed by atoms with van der Waals surface area (Å²) in [5.41, 5.74) is 0.176. The van der Waals surface area contributed by atoms with E-state index in [1.54, 1.807) is 24.3 Å². The third-order valence-corrected chi connectivity index (χ3v) is 3.34. The molecule has 0 spiro atoms. The molecule has 6 heteroatoms. The minimum atomic E-state index is -2.64. The summed E-state index contributed by atoms with van der Waals surface area (Å²) in [6.07, 6.45) is 0.562. The molecule has 1 heterocycles. The molecule has 0 radical (unpaired) electrons. The molecule has 116 valence electrons. The molecule has 1 aliphatic rings. The number of fused-ring (bicyclic) bond motifs is 1. The van der Waals surface area contributed by atoms with Gasteiger partial charge in [-0.15, -0.1) is 0 Å². The van der Waals surface area contributed by atoms with Gasteiger partial charge in [-0.2, -0.15) is 0 Å². The maximum atomic E-state index is 10.4. The molecule has 0 aromatic heterocycles. The predicted molar refractivity (Wildman–Crippen MR) is 75.3 cm³/mol. The van der Waals surface area contributed by atoms with Crippen LogP contribution in [-0.4, -0.2) is 34.4 Å². The lowest BCUT2D eigenvalue weighted by Crippen LogP contribution is -2.42. The molecule has 0 amide bonds. The minimum Gasteiger partial charge on any atom is -0.403 e. The van der Waals surface area contributed by atoms with Gasteiger partial charge in [0, 0.05) is 12.5 Å². The van der Waals surface area contributed by atoms with Gasteiger partial charge in [0.1, 0.15) is 0 Å². The Labute approximate surface area is 123 Å². The van der Waals surface area contributed by atoms with Crippen molar-refractivity contribution in [1.29, 1.82) is 0 Å². The van der Waals surface area contributed by atoms with Crippen LogP contribution < -0.4 is 9.47 Å². The van der Waals surface area contributed by atoms with Crippen LogP contribution >= 0.6 is 0 Å². The Balaban J connectivity index is 2.24. The normalized spacial score (nSPS) is 19.8. The zero-order valence-corrected chi connectivity index (χ0v) is 12.5. The smallest absolute Gasteiger partial charge is 0.403 e. The van der Waals surface area contributed by atoms with Crippen molar-refractivity contribution in [2.75, 3.05) is 7.11 Å². The SMILES string of the molecule is COC(O)(/C=C/c1ccc2c(c1)OC(O)(O)O2)C(C)(C)C. The van der Waals surface area contributed by atoms with E-state index in [1.807, 2.05) is 20.8 Å². The fourth-order valence-corrected chi connectivity index (χ4v) is 1.93. The minimum absolute atomic E-state index is 0.207. The van der Waals surface area contributed by atoms with Crippen molar-refractivity contribution in [3.8, 4) is 11.5 Å². The monoisotopic (exact) mass is 296 g/mol. The molecule has 21 heavy (non-hydrogen) atoms. The highest BCUT2D eigenvalue weighted by Gasteiger charge is 2.39. The van der Waals surface area contributed by atoms with E-state index >= 15 is 0 Å². The van der Waals surface area contributed by atoms with E-state index in [4.69, 9.17) is 14.2 Å². The van der Waals surface area contributed by atoms with Crippen LogP contribution in [0, 0.1) is 5.41 Å². The Kier molecular flexibility index (Phi) is 3.75. The summed E-state index contributed by atoms with van der Waals surface area (Å²) in [6.45, 7) is 5.56. The number of aliphatic hydroxyl groups is 3. The van der Waals surface area contributed by atoms with Gasteiger partial charge in [0.2, 0.25) is 0 Å². The Bertz CT molecular complexity index is 558. The Morgan fingerprint density at radius 3 is 2.33 bits per heavy atom. The number of ether oxygens (including phenoxy) is 3. The summed E-state index contributed by atoms with van der Waals surface area (Å²) >= 11 is 0. The highest BCUT2D eigenvalue weighted by Crippen LogP contribution is 2.38. The van der Waals surface area contributed by atoms with E-state index in [0.29, 0.717) is 5.56 Å². The lowest BCUT2D eigenvalue weighted by atomic mass is 9.85.